The van der Waals surface area contributed by atoms with Crippen molar-refractivity contribution in [3.63, 3.8) is 0 Å². The van der Waals surface area contributed by atoms with Crippen LogP contribution in [0.4, 0.5) is 0 Å². The van der Waals surface area contributed by atoms with Gasteiger partial charge in [-0.2, -0.15) is 0 Å². The third kappa shape index (κ3) is 5.09. The monoisotopic (exact) mass is 286 g/mol. The second-order valence-corrected chi connectivity index (χ2v) is 5.66. The van der Waals surface area contributed by atoms with Gasteiger partial charge < -0.3 is 20.5 Å². The van der Waals surface area contributed by atoms with Gasteiger partial charge in [0.15, 0.2) is 6.10 Å². The average Bonchev–Trinajstić information content (AvgIpc) is 2.42. The second-order valence-electron chi connectivity index (χ2n) is 5.66. The fraction of sp³-hybridized carbons (Fsp3) is 0.857. The molecule has 2 unspecified atom stereocenters. The number of hydrogen-bond acceptors (Lipinski definition) is 4. The van der Waals surface area contributed by atoms with Crippen LogP contribution in [0.3, 0.4) is 0 Å². The van der Waals surface area contributed by atoms with Gasteiger partial charge in [0.25, 0.3) is 0 Å². The van der Waals surface area contributed by atoms with E-state index < -0.39 is 12.1 Å². The Kier molecular flexibility index (Phi) is 6.95. The Morgan fingerprint density at radius 2 is 2.10 bits per heavy atom. The van der Waals surface area contributed by atoms with Gasteiger partial charge in [0, 0.05) is 13.0 Å². The van der Waals surface area contributed by atoms with Gasteiger partial charge in [-0.15, -0.1) is 0 Å². The van der Waals surface area contributed by atoms with Crippen molar-refractivity contribution in [2.75, 3.05) is 26.2 Å². The molecule has 6 heteroatoms. The smallest absolute Gasteiger partial charge is 0.334 e. The van der Waals surface area contributed by atoms with Crippen LogP contribution in [0.25, 0.3) is 0 Å². The zero-order valence-corrected chi connectivity index (χ0v) is 12.4. The summed E-state index contributed by atoms with van der Waals surface area (Å²) >= 11 is 0. The van der Waals surface area contributed by atoms with E-state index in [1.807, 2.05) is 0 Å². The van der Waals surface area contributed by atoms with Gasteiger partial charge in [0.2, 0.25) is 5.91 Å². The summed E-state index contributed by atoms with van der Waals surface area (Å²) in [5.41, 5.74) is 5.59. The number of hydrogen-bond donors (Lipinski definition) is 2. The highest BCUT2D eigenvalue weighted by atomic mass is 16.5. The van der Waals surface area contributed by atoms with Crippen molar-refractivity contribution in [1.82, 2.24) is 4.90 Å². The Morgan fingerprint density at radius 1 is 1.40 bits per heavy atom. The number of morpholine rings is 1. The van der Waals surface area contributed by atoms with Crippen molar-refractivity contribution in [3.8, 4) is 0 Å². The van der Waals surface area contributed by atoms with Gasteiger partial charge in [-0.3, -0.25) is 4.79 Å². The van der Waals surface area contributed by atoms with E-state index in [9.17, 15) is 9.59 Å². The van der Waals surface area contributed by atoms with Crippen molar-refractivity contribution < 1.29 is 19.4 Å². The molecule has 0 spiro atoms. The summed E-state index contributed by atoms with van der Waals surface area (Å²) in [6.45, 7) is 5.83. The lowest BCUT2D eigenvalue weighted by molar-refractivity contribution is -0.159. The van der Waals surface area contributed by atoms with Gasteiger partial charge >= 0.3 is 5.97 Å². The Balaban J connectivity index is 2.43. The van der Waals surface area contributed by atoms with Crippen LogP contribution in [0.1, 0.15) is 33.1 Å². The molecule has 1 saturated heterocycles. The number of nitrogens with two attached hydrogens (primary N) is 1. The molecule has 0 bridgehead atoms. The van der Waals surface area contributed by atoms with Gasteiger partial charge in [0.05, 0.1) is 13.2 Å². The van der Waals surface area contributed by atoms with Crippen LogP contribution in [0.5, 0.6) is 0 Å². The summed E-state index contributed by atoms with van der Waals surface area (Å²) in [4.78, 5) is 24.6. The minimum atomic E-state index is -1.01. The number of amides is 1. The highest BCUT2D eigenvalue weighted by molar-refractivity contribution is 5.78. The number of nitrogens with zero attached hydrogens (tertiary/aromatic N) is 1. The fourth-order valence-electron chi connectivity index (χ4n) is 2.52. The molecule has 1 rings (SSSR count). The van der Waals surface area contributed by atoms with Gasteiger partial charge in [-0.25, -0.2) is 4.79 Å². The number of carboxylic acids is 1. The first kappa shape index (κ1) is 16.9. The lowest BCUT2D eigenvalue weighted by Crippen LogP contribution is -2.48. The van der Waals surface area contributed by atoms with E-state index >= 15 is 0 Å². The van der Waals surface area contributed by atoms with Crippen molar-refractivity contribution in [2.45, 2.75) is 39.2 Å². The summed E-state index contributed by atoms with van der Waals surface area (Å²) in [6, 6.07) is 0. The van der Waals surface area contributed by atoms with E-state index in [4.69, 9.17) is 15.6 Å². The third-order valence-electron chi connectivity index (χ3n) is 3.90. The molecule has 2 atom stereocenters. The Bertz CT molecular complexity index is 333. The Labute approximate surface area is 120 Å². The SMILES string of the molecule is CC(C)C(CCN)CCC(=O)N1CCOC(C(=O)O)C1. The predicted molar refractivity (Wildman–Crippen MR) is 75.2 cm³/mol. The number of carbonyl (C=O) groups is 2. The largest absolute Gasteiger partial charge is 0.479 e. The lowest BCUT2D eigenvalue weighted by atomic mass is 9.88. The minimum Gasteiger partial charge on any atom is -0.479 e. The Morgan fingerprint density at radius 3 is 2.65 bits per heavy atom. The molecule has 1 amide bonds. The predicted octanol–water partition coefficient (Wildman–Crippen LogP) is 0.700. The lowest BCUT2D eigenvalue weighted by Gasteiger charge is -2.31. The van der Waals surface area contributed by atoms with E-state index in [2.05, 4.69) is 13.8 Å². The van der Waals surface area contributed by atoms with E-state index in [1.165, 1.54) is 0 Å². The molecule has 20 heavy (non-hydrogen) atoms. The van der Waals surface area contributed by atoms with E-state index in [0.717, 1.165) is 12.8 Å². The van der Waals surface area contributed by atoms with Crippen molar-refractivity contribution >= 4 is 11.9 Å². The summed E-state index contributed by atoms with van der Waals surface area (Å²) in [7, 11) is 0. The Hall–Kier alpha value is -1.14. The van der Waals surface area contributed by atoms with E-state index in [1.54, 1.807) is 4.90 Å². The number of carboxylic acid groups (broad SMARTS) is 1. The summed E-state index contributed by atoms with van der Waals surface area (Å²) in [5, 5.41) is 8.92. The number of rotatable bonds is 7. The molecule has 1 heterocycles. The van der Waals surface area contributed by atoms with Crippen molar-refractivity contribution in [3.05, 3.63) is 0 Å². The first-order valence-electron chi connectivity index (χ1n) is 7.28. The number of ether oxygens (including phenoxy) is 1. The maximum Gasteiger partial charge on any atom is 0.334 e. The highest BCUT2D eigenvalue weighted by Gasteiger charge is 2.29. The topological polar surface area (TPSA) is 92.9 Å². The zero-order chi connectivity index (χ0) is 15.1. The third-order valence-corrected chi connectivity index (χ3v) is 3.90. The summed E-state index contributed by atoms with van der Waals surface area (Å²) in [5.74, 6) is -0.0454. The molecular weight excluding hydrogens is 260 g/mol. The van der Waals surface area contributed by atoms with Gasteiger partial charge in [-0.05, 0) is 31.2 Å². The molecule has 1 aliphatic heterocycles. The van der Waals surface area contributed by atoms with Crippen LogP contribution in [0, 0.1) is 11.8 Å². The average molecular weight is 286 g/mol. The van der Waals surface area contributed by atoms with Crippen LogP contribution in [-0.2, 0) is 14.3 Å². The second kappa shape index (κ2) is 8.21. The van der Waals surface area contributed by atoms with Crippen LogP contribution < -0.4 is 5.73 Å². The van der Waals surface area contributed by atoms with E-state index in [-0.39, 0.29) is 12.5 Å². The normalized spacial score (nSPS) is 21.0. The summed E-state index contributed by atoms with van der Waals surface area (Å²) < 4.78 is 5.11. The fourth-order valence-corrected chi connectivity index (χ4v) is 2.52. The molecule has 0 radical (unpaired) electrons. The molecule has 0 saturated carbocycles. The number of carbonyl (C=O) groups excluding carboxylic acids is 1. The maximum absolute atomic E-state index is 12.1. The quantitative estimate of drug-likeness (QED) is 0.718. The van der Waals surface area contributed by atoms with Crippen LogP contribution in [0.15, 0.2) is 0 Å². The maximum atomic E-state index is 12.1. The van der Waals surface area contributed by atoms with Gasteiger partial charge in [-0.1, -0.05) is 13.8 Å². The summed E-state index contributed by atoms with van der Waals surface area (Å²) in [6.07, 6.45) is 1.29. The van der Waals surface area contributed by atoms with E-state index in [0.29, 0.717) is 38.0 Å². The standard InChI is InChI=1S/C14H26N2O4/c1-10(2)11(5-6-15)3-4-13(17)16-7-8-20-12(9-16)14(18)19/h10-12H,3-9,15H2,1-2H3,(H,18,19). The molecule has 0 aromatic heterocycles. The van der Waals surface area contributed by atoms with Gasteiger partial charge in [0.1, 0.15) is 0 Å². The zero-order valence-electron chi connectivity index (χ0n) is 12.4. The molecule has 116 valence electrons. The van der Waals surface area contributed by atoms with Crippen LogP contribution >= 0.6 is 0 Å². The first-order valence-corrected chi connectivity index (χ1v) is 7.28. The minimum absolute atomic E-state index is 0.0159. The van der Waals surface area contributed by atoms with Crippen molar-refractivity contribution in [1.29, 1.82) is 0 Å². The van der Waals surface area contributed by atoms with Crippen LogP contribution in [0.2, 0.25) is 0 Å². The highest BCUT2D eigenvalue weighted by Crippen LogP contribution is 2.21. The van der Waals surface area contributed by atoms with Crippen LogP contribution in [-0.4, -0.2) is 54.2 Å². The molecule has 0 aliphatic carbocycles. The van der Waals surface area contributed by atoms with Crippen molar-refractivity contribution in [2.24, 2.45) is 17.6 Å². The molecule has 1 aliphatic rings. The molecule has 1 fully saturated rings. The first-order chi connectivity index (χ1) is 9.45. The molecule has 0 aromatic carbocycles. The molecular formula is C14H26N2O4. The molecule has 0 aromatic rings. The molecule has 6 nitrogen and oxygen atoms in total. The number of aliphatic carboxylic acids is 1. The molecule has 3 N–H and O–H groups in total.